The highest BCUT2D eigenvalue weighted by atomic mass is 35.5. The Bertz CT molecular complexity index is 1250. The van der Waals surface area contributed by atoms with Crippen LogP contribution in [0.3, 0.4) is 0 Å². The van der Waals surface area contributed by atoms with E-state index in [-0.39, 0.29) is 17.6 Å². The Hall–Kier alpha value is -2.70. The van der Waals surface area contributed by atoms with Crippen molar-refractivity contribution < 1.29 is 14.3 Å². The number of rotatable bonds is 5. The van der Waals surface area contributed by atoms with Crippen LogP contribution in [0.15, 0.2) is 42.5 Å². The molecule has 0 saturated carbocycles. The maximum Gasteiger partial charge on any atom is 0.410 e. The molecule has 7 heteroatoms. The molecule has 6 nitrogen and oxygen atoms in total. The number of carbonyl (C=O) groups is 1. The van der Waals surface area contributed by atoms with Crippen LogP contribution in [0.2, 0.25) is 5.02 Å². The average Bonchev–Trinajstić information content (AvgIpc) is 3.23. The number of hydrogen-bond donors (Lipinski definition) is 1. The number of benzene rings is 2. The number of ether oxygens (including phenoxy) is 2. The van der Waals surface area contributed by atoms with E-state index in [0.29, 0.717) is 24.1 Å². The maximum atomic E-state index is 13.3. The van der Waals surface area contributed by atoms with Crippen molar-refractivity contribution in [2.75, 3.05) is 39.9 Å². The van der Waals surface area contributed by atoms with Crippen molar-refractivity contribution in [2.24, 2.45) is 11.3 Å². The van der Waals surface area contributed by atoms with E-state index >= 15 is 0 Å². The molecule has 1 amide bonds. The van der Waals surface area contributed by atoms with E-state index in [2.05, 4.69) is 49.8 Å². The van der Waals surface area contributed by atoms with Crippen LogP contribution in [0, 0.1) is 11.3 Å². The molecular formula is C30H38ClN3O3. The summed E-state index contributed by atoms with van der Waals surface area (Å²) >= 11 is 6.33. The molecule has 2 atom stereocenters. The van der Waals surface area contributed by atoms with Gasteiger partial charge < -0.3 is 19.4 Å². The molecule has 0 aliphatic carbocycles. The van der Waals surface area contributed by atoms with E-state index in [9.17, 15) is 4.79 Å². The summed E-state index contributed by atoms with van der Waals surface area (Å²) in [7, 11) is 2.18. The van der Waals surface area contributed by atoms with Crippen molar-refractivity contribution in [3.8, 4) is 5.75 Å². The molecule has 1 N–H and O–H groups in total. The summed E-state index contributed by atoms with van der Waals surface area (Å²) < 4.78 is 11.9. The number of likely N-dealkylation sites (tertiary alicyclic amines) is 1. The summed E-state index contributed by atoms with van der Waals surface area (Å²) in [5, 5.41) is 1.83. The smallest absolute Gasteiger partial charge is 0.410 e. The predicted octanol–water partition coefficient (Wildman–Crippen LogP) is 6.67. The van der Waals surface area contributed by atoms with Crippen LogP contribution in [0.5, 0.6) is 5.75 Å². The monoisotopic (exact) mass is 523 g/mol. The zero-order valence-electron chi connectivity index (χ0n) is 22.4. The fourth-order valence-corrected chi connectivity index (χ4v) is 5.71. The number of piperidine rings is 1. The van der Waals surface area contributed by atoms with Gasteiger partial charge in [0.05, 0.1) is 13.2 Å². The first-order chi connectivity index (χ1) is 17.7. The number of hydrogen-bond acceptors (Lipinski definition) is 4. The van der Waals surface area contributed by atoms with Gasteiger partial charge in [-0.1, -0.05) is 44.5 Å². The minimum Gasteiger partial charge on any atom is -0.493 e. The number of aromatic nitrogens is 1. The Kier molecular flexibility index (Phi) is 7.42. The van der Waals surface area contributed by atoms with Crippen molar-refractivity contribution in [1.29, 1.82) is 0 Å². The van der Waals surface area contributed by atoms with Crippen LogP contribution < -0.4 is 4.74 Å². The van der Waals surface area contributed by atoms with E-state index in [4.69, 9.17) is 21.1 Å². The third-order valence-electron chi connectivity index (χ3n) is 7.36. The first kappa shape index (κ1) is 25.9. The lowest BCUT2D eigenvalue weighted by Gasteiger charge is -2.36. The molecular weight excluding hydrogens is 486 g/mol. The molecule has 37 heavy (non-hydrogen) atoms. The number of H-pyrrole nitrogens is 1. The minimum atomic E-state index is -0.288. The van der Waals surface area contributed by atoms with Gasteiger partial charge in [-0.15, -0.1) is 0 Å². The summed E-state index contributed by atoms with van der Waals surface area (Å²) in [6.07, 6.45) is 2.89. The summed E-state index contributed by atoms with van der Waals surface area (Å²) in [5.74, 6) is 1.42. The molecule has 0 spiro atoms. The number of amides is 1. The number of nitrogens with zero attached hydrogens (tertiary/aromatic N) is 2. The van der Waals surface area contributed by atoms with Crippen molar-refractivity contribution in [3.63, 3.8) is 0 Å². The number of fused-ring (bicyclic) bond motifs is 3. The molecule has 5 rings (SSSR count). The Balaban J connectivity index is 1.41. The average molecular weight is 524 g/mol. The van der Waals surface area contributed by atoms with E-state index in [0.717, 1.165) is 47.5 Å². The molecule has 0 radical (unpaired) electrons. The standard InChI is InChI=1S/C30H38ClN3O3/c1-30(2,3)19-37-29(35)34-15-13-24-25-16-22(31)9-12-26(25)32-27(24)28(34)21-7-10-23(11-8-21)36-18-20-6-5-14-33(4)17-20/h7-12,16,20,28,32H,5-6,13-15,17-19H2,1-4H3. The molecule has 2 aliphatic rings. The molecule has 1 saturated heterocycles. The summed E-state index contributed by atoms with van der Waals surface area (Å²) in [5.41, 5.74) is 4.19. The van der Waals surface area contributed by atoms with Crippen molar-refractivity contribution >= 4 is 28.6 Å². The molecule has 2 aliphatic heterocycles. The fraction of sp³-hybridized carbons (Fsp3) is 0.500. The summed E-state index contributed by atoms with van der Waals surface area (Å²) in [6, 6.07) is 13.8. The zero-order valence-corrected chi connectivity index (χ0v) is 23.1. The lowest BCUT2D eigenvalue weighted by Crippen LogP contribution is -2.41. The van der Waals surface area contributed by atoms with Crippen LogP contribution in [-0.2, 0) is 11.2 Å². The fourth-order valence-electron chi connectivity index (χ4n) is 5.53. The normalized spacial score (nSPS) is 20.6. The summed E-state index contributed by atoms with van der Waals surface area (Å²) in [6.45, 7) is 10.1. The van der Waals surface area contributed by atoms with Gasteiger partial charge >= 0.3 is 6.09 Å². The summed E-state index contributed by atoms with van der Waals surface area (Å²) in [4.78, 5) is 21.1. The topological polar surface area (TPSA) is 57.8 Å². The van der Waals surface area contributed by atoms with Gasteiger partial charge in [0, 0.05) is 40.6 Å². The second kappa shape index (κ2) is 10.6. The quantitative estimate of drug-likeness (QED) is 0.405. The number of halogens is 1. The van der Waals surface area contributed by atoms with Gasteiger partial charge in [0.1, 0.15) is 11.8 Å². The van der Waals surface area contributed by atoms with E-state index in [1.807, 2.05) is 35.2 Å². The zero-order chi connectivity index (χ0) is 26.2. The van der Waals surface area contributed by atoms with Crippen LogP contribution in [0.4, 0.5) is 4.79 Å². The third kappa shape index (κ3) is 5.91. The molecule has 3 heterocycles. The highest BCUT2D eigenvalue weighted by molar-refractivity contribution is 6.31. The number of carbonyl (C=O) groups excluding carboxylic acids is 1. The van der Waals surface area contributed by atoms with Gasteiger partial charge in [-0.3, -0.25) is 4.90 Å². The van der Waals surface area contributed by atoms with Gasteiger partial charge in [0.15, 0.2) is 0 Å². The molecule has 198 valence electrons. The van der Waals surface area contributed by atoms with Crippen LogP contribution in [0.1, 0.15) is 56.5 Å². The van der Waals surface area contributed by atoms with Crippen LogP contribution >= 0.6 is 11.6 Å². The van der Waals surface area contributed by atoms with Crippen LogP contribution in [0.25, 0.3) is 10.9 Å². The largest absolute Gasteiger partial charge is 0.493 e. The Labute approximate surface area is 224 Å². The molecule has 0 bridgehead atoms. The lowest BCUT2D eigenvalue weighted by molar-refractivity contribution is 0.0621. The molecule has 3 aromatic rings. The minimum absolute atomic E-state index is 0.101. The molecule has 2 unspecified atom stereocenters. The maximum absolute atomic E-state index is 13.3. The molecule has 1 aromatic heterocycles. The first-order valence-electron chi connectivity index (χ1n) is 13.3. The third-order valence-corrected chi connectivity index (χ3v) is 7.59. The number of aromatic amines is 1. The second-order valence-corrected chi connectivity index (χ2v) is 12.3. The highest BCUT2D eigenvalue weighted by Gasteiger charge is 2.36. The van der Waals surface area contributed by atoms with Crippen molar-refractivity contribution in [3.05, 3.63) is 64.3 Å². The van der Waals surface area contributed by atoms with Crippen LogP contribution in [-0.4, -0.2) is 60.8 Å². The van der Waals surface area contributed by atoms with Gasteiger partial charge in [0.25, 0.3) is 0 Å². The van der Waals surface area contributed by atoms with E-state index in [1.165, 1.54) is 24.9 Å². The Morgan fingerprint density at radius 1 is 1.14 bits per heavy atom. The number of nitrogens with one attached hydrogen (secondary N) is 1. The first-order valence-corrected chi connectivity index (χ1v) is 13.7. The van der Waals surface area contributed by atoms with Crippen molar-refractivity contribution in [1.82, 2.24) is 14.8 Å². The van der Waals surface area contributed by atoms with Gasteiger partial charge in [-0.25, -0.2) is 4.79 Å². The highest BCUT2D eigenvalue weighted by Crippen LogP contribution is 2.40. The Morgan fingerprint density at radius 3 is 2.65 bits per heavy atom. The predicted molar refractivity (Wildman–Crippen MR) is 149 cm³/mol. The lowest BCUT2D eigenvalue weighted by atomic mass is 9.92. The van der Waals surface area contributed by atoms with Gasteiger partial charge in [0.2, 0.25) is 0 Å². The van der Waals surface area contributed by atoms with Crippen molar-refractivity contribution in [2.45, 2.75) is 46.1 Å². The second-order valence-electron chi connectivity index (χ2n) is 11.8. The van der Waals surface area contributed by atoms with Gasteiger partial charge in [-0.05, 0) is 79.7 Å². The molecule has 1 fully saturated rings. The van der Waals surface area contributed by atoms with Gasteiger partial charge in [-0.2, -0.15) is 0 Å². The Morgan fingerprint density at radius 2 is 1.92 bits per heavy atom. The molecule has 2 aromatic carbocycles. The van der Waals surface area contributed by atoms with E-state index < -0.39 is 0 Å². The SMILES string of the molecule is CN1CCCC(COc2ccc(C3c4[nH]c5ccc(Cl)cc5c4CCN3C(=O)OCC(C)(C)C)cc2)C1. The van der Waals surface area contributed by atoms with E-state index in [1.54, 1.807) is 0 Å².